The molecule has 2 heterocycles. The van der Waals surface area contributed by atoms with E-state index < -0.39 is 0 Å². The number of aryl methyl sites for hydroxylation is 1. The second kappa shape index (κ2) is 5.37. The van der Waals surface area contributed by atoms with Crippen LogP contribution in [0, 0.1) is 12.8 Å². The van der Waals surface area contributed by atoms with E-state index in [-0.39, 0.29) is 0 Å². The van der Waals surface area contributed by atoms with Gasteiger partial charge in [0.2, 0.25) is 0 Å². The molecule has 0 N–H and O–H groups in total. The van der Waals surface area contributed by atoms with Crippen LogP contribution in [0.5, 0.6) is 0 Å². The maximum atomic E-state index is 5.88. The van der Waals surface area contributed by atoms with Crippen molar-refractivity contribution in [1.82, 2.24) is 4.98 Å². The van der Waals surface area contributed by atoms with Gasteiger partial charge in [0.25, 0.3) is 0 Å². The lowest BCUT2D eigenvalue weighted by Gasteiger charge is -2.32. The monoisotopic (exact) mass is 302 g/mol. The van der Waals surface area contributed by atoms with Crippen molar-refractivity contribution in [3.05, 3.63) is 22.3 Å². The zero-order valence-electron chi connectivity index (χ0n) is 9.42. The van der Waals surface area contributed by atoms with Gasteiger partial charge in [-0.1, -0.05) is 0 Å². The van der Waals surface area contributed by atoms with Gasteiger partial charge in [-0.15, -0.1) is 11.6 Å². The van der Waals surface area contributed by atoms with Crippen molar-refractivity contribution in [3.8, 4) is 0 Å². The van der Waals surface area contributed by atoms with E-state index in [2.05, 4.69) is 38.8 Å². The number of aromatic nitrogens is 1. The summed E-state index contributed by atoms with van der Waals surface area (Å²) in [6, 6.07) is 2.12. The van der Waals surface area contributed by atoms with E-state index in [4.69, 9.17) is 11.6 Å². The van der Waals surface area contributed by atoms with E-state index in [1.54, 1.807) is 0 Å². The Hall–Kier alpha value is -0.280. The fraction of sp³-hybridized carbons (Fsp3) is 0.583. The molecule has 1 saturated heterocycles. The van der Waals surface area contributed by atoms with Crippen LogP contribution in [0.15, 0.2) is 16.7 Å². The zero-order chi connectivity index (χ0) is 11.5. The van der Waals surface area contributed by atoms with Gasteiger partial charge in [-0.3, -0.25) is 0 Å². The molecule has 1 aliphatic rings. The molecule has 1 aromatic heterocycles. The van der Waals surface area contributed by atoms with Crippen LogP contribution in [0.25, 0.3) is 0 Å². The topological polar surface area (TPSA) is 16.1 Å². The van der Waals surface area contributed by atoms with Gasteiger partial charge in [0.05, 0.1) is 4.47 Å². The first-order chi connectivity index (χ1) is 7.70. The molecule has 88 valence electrons. The number of piperidine rings is 1. The van der Waals surface area contributed by atoms with Crippen LogP contribution in [0.3, 0.4) is 0 Å². The lowest BCUT2D eigenvalue weighted by Crippen LogP contribution is -2.34. The van der Waals surface area contributed by atoms with Crippen molar-refractivity contribution in [2.75, 3.05) is 23.9 Å². The molecule has 1 aromatic rings. The van der Waals surface area contributed by atoms with Crippen LogP contribution in [-0.4, -0.2) is 24.0 Å². The van der Waals surface area contributed by atoms with E-state index in [0.717, 1.165) is 29.3 Å². The smallest absolute Gasteiger partial charge is 0.142 e. The summed E-state index contributed by atoms with van der Waals surface area (Å²) < 4.78 is 1.09. The summed E-state index contributed by atoms with van der Waals surface area (Å²) in [5.74, 6) is 2.54. The van der Waals surface area contributed by atoms with Crippen molar-refractivity contribution in [1.29, 1.82) is 0 Å². The molecule has 0 unspecified atom stereocenters. The van der Waals surface area contributed by atoms with Gasteiger partial charge >= 0.3 is 0 Å². The molecule has 4 heteroatoms. The molecule has 0 radical (unpaired) electrons. The molecule has 0 aromatic carbocycles. The Morgan fingerprint density at radius 2 is 2.19 bits per heavy atom. The second-order valence-electron chi connectivity index (χ2n) is 4.40. The molecule has 1 fully saturated rings. The fourth-order valence-corrected chi connectivity index (χ4v) is 3.08. The van der Waals surface area contributed by atoms with Crippen molar-refractivity contribution in [2.24, 2.45) is 5.92 Å². The number of hydrogen-bond donors (Lipinski definition) is 0. The Morgan fingerprint density at radius 1 is 1.50 bits per heavy atom. The van der Waals surface area contributed by atoms with Crippen LogP contribution in [0.4, 0.5) is 5.82 Å². The van der Waals surface area contributed by atoms with Crippen LogP contribution in [0.2, 0.25) is 0 Å². The predicted octanol–water partition coefficient (Wildman–Crippen LogP) is 3.61. The highest BCUT2D eigenvalue weighted by Crippen LogP contribution is 2.28. The lowest BCUT2D eigenvalue weighted by molar-refractivity contribution is 0.440. The number of rotatable bonds is 2. The zero-order valence-corrected chi connectivity index (χ0v) is 11.8. The Kier molecular flexibility index (Phi) is 4.09. The standard InChI is InChI=1S/C12H16BrClN2/c1-9-6-11(13)12(15-8-9)16-4-2-10(7-14)3-5-16/h6,8,10H,2-5,7H2,1H3. The van der Waals surface area contributed by atoms with Crippen LogP contribution in [0.1, 0.15) is 18.4 Å². The molecule has 0 atom stereocenters. The van der Waals surface area contributed by atoms with Crippen LogP contribution < -0.4 is 4.90 Å². The third-order valence-electron chi connectivity index (χ3n) is 3.09. The van der Waals surface area contributed by atoms with Crippen molar-refractivity contribution >= 4 is 33.3 Å². The van der Waals surface area contributed by atoms with Gasteiger partial charge in [0.1, 0.15) is 5.82 Å². The van der Waals surface area contributed by atoms with E-state index in [0.29, 0.717) is 5.92 Å². The lowest BCUT2D eigenvalue weighted by atomic mass is 9.99. The summed E-state index contributed by atoms with van der Waals surface area (Å²) >= 11 is 9.47. The average molecular weight is 304 g/mol. The number of pyridine rings is 1. The van der Waals surface area contributed by atoms with Gasteiger partial charge in [-0.25, -0.2) is 4.98 Å². The summed E-state index contributed by atoms with van der Waals surface area (Å²) in [6.07, 6.45) is 4.27. The average Bonchev–Trinajstić information content (AvgIpc) is 2.29. The molecule has 0 bridgehead atoms. The predicted molar refractivity (Wildman–Crippen MR) is 72.3 cm³/mol. The minimum Gasteiger partial charge on any atom is -0.356 e. The van der Waals surface area contributed by atoms with E-state index in [9.17, 15) is 0 Å². The largest absolute Gasteiger partial charge is 0.356 e. The summed E-state index contributed by atoms with van der Waals surface area (Å²) in [5, 5.41) is 0. The minimum absolute atomic E-state index is 0.683. The minimum atomic E-state index is 0.683. The Balaban J connectivity index is 2.08. The molecule has 0 amide bonds. The number of alkyl halides is 1. The molecular formula is C12H16BrClN2. The Bertz CT molecular complexity index is 362. The van der Waals surface area contributed by atoms with Gasteiger partial charge in [0, 0.05) is 25.2 Å². The SMILES string of the molecule is Cc1cnc(N2CCC(CCl)CC2)c(Br)c1. The van der Waals surface area contributed by atoms with Crippen LogP contribution >= 0.6 is 27.5 Å². The van der Waals surface area contributed by atoms with Gasteiger partial charge in [-0.2, -0.15) is 0 Å². The molecular weight excluding hydrogens is 288 g/mol. The number of hydrogen-bond acceptors (Lipinski definition) is 2. The number of halogens is 2. The third kappa shape index (κ3) is 2.69. The molecule has 0 aliphatic carbocycles. The highest BCUT2D eigenvalue weighted by atomic mass is 79.9. The summed E-state index contributed by atoms with van der Waals surface area (Å²) in [7, 11) is 0. The van der Waals surface area contributed by atoms with E-state index >= 15 is 0 Å². The van der Waals surface area contributed by atoms with E-state index in [1.165, 1.54) is 18.4 Å². The normalized spacial score (nSPS) is 17.8. The molecule has 2 nitrogen and oxygen atoms in total. The summed E-state index contributed by atoms with van der Waals surface area (Å²) in [6.45, 7) is 4.18. The maximum Gasteiger partial charge on any atom is 0.142 e. The first-order valence-corrected chi connectivity index (χ1v) is 6.96. The third-order valence-corrected chi connectivity index (χ3v) is 4.11. The van der Waals surface area contributed by atoms with Gasteiger partial charge < -0.3 is 4.90 Å². The fourth-order valence-electron chi connectivity index (χ4n) is 2.06. The van der Waals surface area contributed by atoms with E-state index in [1.807, 2.05) is 6.20 Å². The van der Waals surface area contributed by atoms with Crippen molar-refractivity contribution < 1.29 is 0 Å². The first kappa shape index (κ1) is 12.2. The molecule has 2 rings (SSSR count). The van der Waals surface area contributed by atoms with Gasteiger partial charge in [0.15, 0.2) is 0 Å². The second-order valence-corrected chi connectivity index (χ2v) is 5.57. The molecule has 0 spiro atoms. The first-order valence-electron chi connectivity index (χ1n) is 5.63. The Morgan fingerprint density at radius 3 is 2.75 bits per heavy atom. The summed E-state index contributed by atoms with van der Waals surface area (Å²) in [5.41, 5.74) is 1.19. The maximum absolute atomic E-state index is 5.88. The highest BCUT2D eigenvalue weighted by molar-refractivity contribution is 9.10. The number of nitrogens with zero attached hydrogens (tertiary/aromatic N) is 2. The van der Waals surface area contributed by atoms with Gasteiger partial charge in [-0.05, 0) is 53.2 Å². The van der Waals surface area contributed by atoms with Crippen molar-refractivity contribution in [2.45, 2.75) is 19.8 Å². The molecule has 0 saturated carbocycles. The molecule has 1 aliphatic heterocycles. The van der Waals surface area contributed by atoms with Crippen molar-refractivity contribution in [3.63, 3.8) is 0 Å². The summed E-state index contributed by atoms with van der Waals surface area (Å²) in [4.78, 5) is 6.84. The highest BCUT2D eigenvalue weighted by Gasteiger charge is 2.20. The quantitative estimate of drug-likeness (QED) is 0.776. The molecule has 16 heavy (non-hydrogen) atoms. The van der Waals surface area contributed by atoms with Crippen LogP contribution in [-0.2, 0) is 0 Å². The number of anilines is 1. The Labute approximate surface area is 110 Å².